The lowest BCUT2D eigenvalue weighted by Crippen LogP contribution is -2.45. The Morgan fingerprint density at radius 1 is 1.24 bits per heavy atom. The van der Waals surface area contributed by atoms with Gasteiger partial charge in [0.1, 0.15) is 0 Å². The number of hydrogen-bond acceptors (Lipinski definition) is 2. The number of rotatable bonds is 5. The topological polar surface area (TPSA) is 29.3 Å². The first-order valence-corrected chi connectivity index (χ1v) is 6.44. The molecule has 94 valence electrons. The van der Waals surface area contributed by atoms with Crippen molar-refractivity contribution in [2.75, 3.05) is 20.1 Å². The third-order valence-electron chi connectivity index (χ3n) is 3.49. The standard InChI is InChI=1S/C15H24N2/c1-14(2,16)11-17(3)12-15(9-10-15)13-7-5-4-6-8-13/h4-8H,9-12,16H2,1-3H3. The van der Waals surface area contributed by atoms with Gasteiger partial charge >= 0.3 is 0 Å². The number of nitrogens with two attached hydrogens (primary N) is 1. The Hall–Kier alpha value is -0.860. The van der Waals surface area contributed by atoms with Gasteiger partial charge < -0.3 is 10.6 Å². The van der Waals surface area contributed by atoms with Crippen LogP contribution in [0, 0.1) is 0 Å². The lowest BCUT2D eigenvalue weighted by molar-refractivity contribution is 0.249. The van der Waals surface area contributed by atoms with E-state index in [1.807, 2.05) is 0 Å². The van der Waals surface area contributed by atoms with Crippen LogP contribution >= 0.6 is 0 Å². The number of likely N-dealkylation sites (N-methyl/N-ethyl adjacent to an activating group) is 1. The van der Waals surface area contributed by atoms with Gasteiger partial charge in [-0.3, -0.25) is 0 Å². The quantitative estimate of drug-likeness (QED) is 0.844. The molecule has 0 unspecified atom stereocenters. The molecule has 2 nitrogen and oxygen atoms in total. The summed E-state index contributed by atoms with van der Waals surface area (Å²) in [5, 5.41) is 0. The second-order valence-corrected chi connectivity index (χ2v) is 6.31. The minimum Gasteiger partial charge on any atom is -0.324 e. The summed E-state index contributed by atoms with van der Waals surface area (Å²) in [4.78, 5) is 2.38. The SMILES string of the molecule is CN(CC(C)(C)N)CC1(c2ccccc2)CC1. The molecule has 1 aromatic carbocycles. The monoisotopic (exact) mass is 232 g/mol. The van der Waals surface area contributed by atoms with Crippen LogP contribution in [0.25, 0.3) is 0 Å². The van der Waals surface area contributed by atoms with E-state index in [1.165, 1.54) is 18.4 Å². The van der Waals surface area contributed by atoms with Crippen LogP contribution in [0.4, 0.5) is 0 Å². The van der Waals surface area contributed by atoms with E-state index in [9.17, 15) is 0 Å². The second-order valence-electron chi connectivity index (χ2n) is 6.31. The first-order valence-electron chi connectivity index (χ1n) is 6.44. The number of benzene rings is 1. The maximum atomic E-state index is 6.07. The lowest BCUT2D eigenvalue weighted by Gasteiger charge is -2.30. The smallest absolute Gasteiger partial charge is 0.0225 e. The van der Waals surface area contributed by atoms with Crippen LogP contribution in [0.2, 0.25) is 0 Å². The van der Waals surface area contributed by atoms with Crippen molar-refractivity contribution in [1.29, 1.82) is 0 Å². The third-order valence-corrected chi connectivity index (χ3v) is 3.49. The molecule has 1 fully saturated rings. The molecular formula is C15H24N2. The molecule has 0 radical (unpaired) electrons. The van der Waals surface area contributed by atoms with Crippen molar-refractivity contribution in [2.45, 2.75) is 37.6 Å². The molecule has 2 heteroatoms. The van der Waals surface area contributed by atoms with Gasteiger partial charge in [0.25, 0.3) is 0 Å². The van der Waals surface area contributed by atoms with Gasteiger partial charge in [0.2, 0.25) is 0 Å². The molecule has 1 aromatic rings. The van der Waals surface area contributed by atoms with E-state index in [0.717, 1.165) is 13.1 Å². The van der Waals surface area contributed by atoms with Gasteiger partial charge in [-0.2, -0.15) is 0 Å². The molecule has 0 atom stereocenters. The van der Waals surface area contributed by atoms with Gasteiger partial charge in [0.05, 0.1) is 0 Å². The molecule has 1 aliphatic carbocycles. The summed E-state index contributed by atoms with van der Waals surface area (Å²) in [7, 11) is 2.18. The first-order chi connectivity index (χ1) is 7.91. The summed E-state index contributed by atoms with van der Waals surface area (Å²) >= 11 is 0. The van der Waals surface area contributed by atoms with Gasteiger partial charge in [0, 0.05) is 24.0 Å². The Labute approximate surface area is 105 Å². The van der Waals surface area contributed by atoms with Crippen molar-refractivity contribution in [3.63, 3.8) is 0 Å². The molecule has 0 bridgehead atoms. The molecule has 2 rings (SSSR count). The molecule has 0 amide bonds. The maximum Gasteiger partial charge on any atom is 0.0225 e. The molecule has 0 aromatic heterocycles. The molecular weight excluding hydrogens is 208 g/mol. The zero-order chi connectivity index (χ0) is 12.5. The van der Waals surface area contributed by atoms with Gasteiger partial charge in [0.15, 0.2) is 0 Å². The van der Waals surface area contributed by atoms with Crippen LogP contribution in [0.1, 0.15) is 32.3 Å². The van der Waals surface area contributed by atoms with Crippen molar-refractivity contribution >= 4 is 0 Å². The normalized spacial score (nSPS) is 18.4. The zero-order valence-electron chi connectivity index (χ0n) is 11.2. The maximum absolute atomic E-state index is 6.07. The highest BCUT2D eigenvalue weighted by atomic mass is 15.1. The molecule has 0 saturated heterocycles. The summed E-state index contributed by atoms with van der Waals surface area (Å²) in [6.07, 6.45) is 2.62. The molecule has 2 N–H and O–H groups in total. The fourth-order valence-electron chi connectivity index (χ4n) is 2.75. The van der Waals surface area contributed by atoms with E-state index < -0.39 is 0 Å². The summed E-state index contributed by atoms with van der Waals surface area (Å²) in [5.41, 5.74) is 7.85. The van der Waals surface area contributed by atoms with Gasteiger partial charge in [-0.05, 0) is 39.3 Å². The summed E-state index contributed by atoms with van der Waals surface area (Å²) in [5.74, 6) is 0. The Kier molecular flexibility index (Phi) is 3.28. The van der Waals surface area contributed by atoms with Crippen molar-refractivity contribution < 1.29 is 0 Å². The molecule has 0 aliphatic heterocycles. The highest BCUT2D eigenvalue weighted by Gasteiger charge is 2.44. The van der Waals surface area contributed by atoms with E-state index in [2.05, 4.69) is 56.1 Å². The first kappa shape index (κ1) is 12.6. The number of hydrogen-bond donors (Lipinski definition) is 1. The highest BCUT2D eigenvalue weighted by Crippen LogP contribution is 2.48. The van der Waals surface area contributed by atoms with Crippen LogP contribution in [0.15, 0.2) is 30.3 Å². The minimum absolute atomic E-state index is 0.110. The minimum atomic E-state index is -0.110. The van der Waals surface area contributed by atoms with Crippen LogP contribution in [0.3, 0.4) is 0 Å². The van der Waals surface area contributed by atoms with Gasteiger partial charge in [-0.15, -0.1) is 0 Å². The van der Waals surface area contributed by atoms with Gasteiger partial charge in [-0.1, -0.05) is 30.3 Å². The molecule has 0 heterocycles. The Morgan fingerprint density at radius 3 is 2.29 bits per heavy atom. The second kappa shape index (κ2) is 4.43. The highest BCUT2D eigenvalue weighted by molar-refractivity contribution is 5.31. The predicted molar refractivity (Wildman–Crippen MR) is 73.1 cm³/mol. The van der Waals surface area contributed by atoms with Crippen molar-refractivity contribution in [1.82, 2.24) is 4.90 Å². The third kappa shape index (κ3) is 3.30. The summed E-state index contributed by atoms with van der Waals surface area (Å²) in [6.45, 7) is 6.25. The van der Waals surface area contributed by atoms with Crippen LogP contribution in [-0.4, -0.2) is 30.6 Å². The van der Waals surface area contributed by atoms with Crippen LogP contribution < -0.4 is 5.73 Å². The van der Waals surface area contributed by atoms with E-state index in [4.69, 9.17) is 5.73 Å². The Balaban J connectivity index is 1.99. The van der Waals surface area contributed by atoms with Crippen LogP contribution in [-0.2, 0) is 5.41 Å². The average molecular weight is 232 g/mol. The van der Waals surface area contributed by atoms with E-state index in [0.29, 0.717) is 5.41 Å². The predicted octanol–water partition coefficient (Wildman–Crippen LogP) is 2.39. The largest absolute Gasteiger partial charge is 0.324 e. The molecule has 1 aliphatic rings. The van der Waals surface area contributed by atoms with Crippen LogP contribution in [0.5, 0.6) is 0 Å². The van der Waals surface area contributed by atoms with Crippen molar-refractivity contribution in [3.8, 4) is 0 Å². The zero-order valence-corrected chi connectivity index (χ0v) is 11.2. The summed E-state index contributed by atoms with van der Waals surface area (Å²) < 4.78 is 0. The average Bonchev–Trinajstić information content (AvgIpc) is 2.97. The lowest BCUT2D eigenvalue weighted by atomic mass is 9.95. The van der Waals surface area contributed by atoms with E-state index >= 15 is 0 Å². The molecule has 0 spiro atoms. The molecule has 1 saturated carbocycles. The molecule has 17 heavy (non-hydrogen) atoms. The fraction of sp³-hybridized carbons (Fsp3) is 0.600. The van der Waals surface area contributed by atoms with Crippen molar-refractivity contribution in [3.05, 3.63) is 35.9 Å². The van der Waals surface area contributed by atoms with E-state index in [-0.39, 0.29) is 5.54 Å². The Morgan fingerprint density at radius 2 is 1.82 bits per heavy atom. The summed E-state index contributed by atoms with van der Waals surface area (Å²) in [6, 6.07) is 10.9. The van der Waals surface area contributed by atoms with Crippen molar-refractivity contribution in [2.24, 2.45) is 5.73 Å². The fourth-order valence-corrected chi connectivity index (χ4v) is 2.75. The van der Waals surface area contributed by atoms with Gasteiger partial charge in [-0.25, -0.2) is 0 Å². The number of nitrogens with zero attached hydrogens (tertiary/aromatic N) is 1. The van der Waals surface area contributed by atoms with E-state index in [1.54, 1.807) is 0 Å². The Bertz CT molecular complexity index is 360.